The lowest BCUT2D eigenvalue weighted by Crippen LogP contribution is -2.03. The maximum absolute atomic E-state index is 9.80. The van der Waals surface area contributed by atoms with Crippen molar-refractivity contribution in [1.29, 1.82) is 0 Å². The first-order valence-electron chi connectivity index (χ1n) is 6.64. The zero-order valence-electron chi connectivity index (χ0n) is 12.0. The second kappa shape index (κ2) is 6.29. The third-order valence-corrected chi connectivity index (χ3v) is 3.67. The number of rotatable bonds is 4. The molecule has 1 N–H and O–H groups in total. The highest BCUT2D eigenvalue weighted by Gasteiger charge is 2.11. The molecule has 106 valence electrons. The lowest BCUT2D eigenvalue weighted by molar-refractivity contribution is 0.190. The first-order chi connectivity index (χ1) is 9.49. The highest BCUT2D eigenvalue weighted by molar-refractivity contribution is 6.30. The number of halogens is 1. The molecule has 0 radical (unpaired) electrons. The molecule has 2 rings (SSSR count). The van der Waals surface area contributed by atoms with Gasteiger partial charge in [-0.1, -0.05) is 29.8 Å². The first kappa shape index (κ1) is 14.9. The van der Waals surface area contributed by atoms with E-state index >= 15 is 0 Å². The molecule has 1 atom stereocenters. The number of benzene rings is 2. The Balaban J connectivity index is 2.23. The summed E-state index contributed by atoms with van der Waals surface area (Å²) in [5.74, 6) is 0.673. The minimum atomic E-state index is -0.610. The van der Waals surface area contributed by atoms with Gasteiger partial charge in [0.25, 0.3) is 0 Å². The van der Waals surface area contributed by atoms with Gasteiger partial charge in [-0.2, -0.15) is 0 Å². The van der Waals surface area contributed by atoms with Gasteiger partial charge in [0.15, 0.2) is 0 Å². The van der Waals surface area contributed by atoms with Crippen LogP contribution < -0.4 is 4.74 Å². The standard InChI is InChI=1S/C17H19ClO2/c1-11-5-4-6-12(2)16(11)10-20-17-8-7-14(18)9-15(17)13(3)19/h4-9,13,19H,10H2,1-3H3/t13-/m0/s1. The van der Waals surface area contributed by atoms with Crippen molar-refractivity contribution in [2.24, 2.45) is 0 Å². The van der Waals surface area contributed by atoms with Gasteiger partial charge in [-0.15, -0.1) is 0 Å². The number of ether oxygens (including phenoxy) is 1. The van der Waals surface area contributed by atoms with Crippen LogP contribution >= 0.6 is 11.6 Å². The van der Waals surface area contributed by atoms with Crippen molar-refractivity contribution >= 4 is 11.6 Å². The van der Waals surface area contributed by atoms with Crippen molar-refractivity contribution in [3.8, 4) is 5.75 Å². The highest BCUT2D eigenvalue weighted by Crippen LogP contribution is 2.29. The van der Waals surface area contributed by atoms with Gasteiger partial charge in [-0.3, -0.25) is 0 Å². The predicted octanol–water partition coefficient (Wildman–Crippen LogP) is 4.59. The lowest BCUT2D eigenvalue weighted by atomic mass is 10.0. The number of hydrogen-bond acceptors (Lipinski definition) is 2. The fraction of sp³-hybridized carbons (Fsp3) is 0.294. The van der Waals surface area contributed by atoms with Crippen LogP contribution in [0, 0.1) is 13.8 Å². The summed E-state index contributed by atoms with van der Waals surface area (Å²) in [6.45, 7) is 6.34. The molecular weight excluding hydrogens is 272 g/mol. The molecular formula is C17H19ClO2. The van der Waals surface area contributed by atoms with Gasteiger partial charge >= 0.3 is 0 Å². The van der Waals surface area contributed by atoms with Gasteiger partial charge in [0, 0.05) is 10.6 Å². The summed E-state index contributed by atoms with van der Waals surface area (Å²) >= 11 is 5.96. The van der Waals surface area contributed by atoms with E-state index in [1.54, 1.807) is 25.1 Å². The van der Waals surface area contributed by atoms with Crippen molar-refractivity contribution in [2.75, 3.05) is 0 Å². The lowest BCUT2D eigenvalue weighted by Gasteiger charge is -2.16. The van der Waals surface area contributed by atoms with Crippen LogP contribution in [0.3, 0.4) is 0 Å². The topological polar surface area (TPSA) is 29.5 Å². The highest BCUT2D eigenvalue weighted by atomic mass is 35.5. The van der Waals surface area contributed by atoms with Crippen LogP contribution in [-0.2, 0) is 6.61 Å². The van der Waals surface area contributed by atoms with Crippen LogP contribution in [0.1, 0.15) is 35.3 Å². The molecule has 0 amide bonds. The molecule has 2 nitrogen and oxygen atoms in total. The van der Waals surface area contributed by atoms with Gasteiger partial charge in [0.2, 0.25) is 0 Å². The van der Waals surface area contributed by atoms with E-state index in [9.17, 15) is 5.11 Å². The van der Waals surface area contributed by atoms with E-state index in [0.29, 0.717) is 22.9 Å². The average Bonchev–Trinajstić information content (AvgIpc) is 2.39. The molecule has 20 heavy (non-hydrogen) atoms. The quantitative estimate of drug-likeness (QED) is 0.892. The number of aliphatic hydroxyl groups is 1. The monoisotopic (exact) mass is 290 g/mol. The molecule has 0 saturated heterocycles. The second-order valence-corrected chi connectivity index (χ2v) is 5.45. The van der Waals surface area contributed by atoms with E-state index in [4.69, 9.17) is 16.3 Å². The molecule has 0 bridgehead atoms. The number of aliphatic hydroxyl groups excluding tert-OH is 1. The summed E-state index contributed by atoms with van der Waals surface area (Å²) in [6.07, 6.45) is -0.610. The molecule has 2 aromatic rings. The summed E-state index contributed by atoms with van der Waals surface area (Å²) < 4.78 is 5.88. The minimum Gasteiger partial charge on any atom is -0.489 e. The van der Waals surface area contributed by atoms with Gasteiger partial charge in [-0.05, 0) is 55.7 Å². The van der Waals surface area contributed by atoms with Crippen molar-refractivity contribution in [1.82, 2.24) is 0 Å². The van der Waals surface area contributed by atoms with Crippen molar-refractivity contribution < 1.29 is 9.84 Å². The predicted molar refractivity (Wildman–Crippen MR) is 82.3 cm³/mol. The Labute approximate surface area is 125 Å². The van der Waals surface area contributed by atoms with Crippen molar-refractivity contribution in [3.63, 3.8) is 0 Å². The molecule has 0 aromatic heterocycles. The fourth-order valence-electron chi connectivity index (χ4n) is 2.20. The van der Waals surface area contributed by atoms with E-state index in [0.717, 1.165) is 0 Å². The third kappa shape index (κ3) is 3.33. The summed E-state index contributed by atoms with van der Waals surface area (Å²) in [5.41, 5.74) is 4.30. The first-order valence-corrected chi connectivity index (χ1v) is 7.02. The smallest absolute Gasteiger partial charge is 0.125 e. The van der Waals surface area contributed by atoms with E-state index in [2.05, 4.69) is 26.0 Å². The molecule has 0 heterocycles. The normalized spacial score (nSPS) is 12.2. The third-order valence-electron chi connectivity index (χ3n) is 3.44. The van der Waals surface area contributed by atoms with Crippen LogP contribution in [0.15, 0.2) is 36.4 Å². The summed E-state index contributed by atoms with van der Waals surface area (Å²) in [4.78, 5) is 0. The van der Waals surface area contributed by atoms with Crippen LogP contribution in [0.5, 0.6) is 5.75 Å². The summed E-state index contributed by atoms with van der Waals surface area (Å²) in [7, 11) is 0. The number of aryl methyl sites for hydroxylation is 2. The number of hydrogen-bond donors (Lipinski definition) is 1. The molecule has 0 aliphatic heterocycles. The van der Waals surface area contributed by atoms with Crippen LogP contribution in [-0.4, -0.2) is 5.11 Å². The zero-order valence-corrected chi connectivity index (χ0v) is 12.7. The van der Waals surface area contributed by atoms with Crippen LogP contribution in [0.25, 0.3) is 0 Å². The van der Waals surface area contributed by atoms with Crippen LogP contribution in [0.4, 0.5) is 0 Å². The maximum Gasteiger partial charge on any atom is 0.125 e. The molecule has 0 aliphatic carbocycles. The molecule has 2 aromatic carbocycles. The van der Waals surface area contributed by atoms with Gasteiger partial charge in [-0.25, -0.2) is 0 Å². The Morgan fingerprint density at radius 3 is 2.40 bits per heavy atom. The van der Waals surface area contributed by atoms with E-state index in [1.165, 1.54) is 16.7 Å². The van der Waals surface area contributed by atoms with E-state index < -0.39 is 6.10 Å². The fourth-order valence-corrected chi connectivity index (χ4v) is 2.38. The van der Waals surface area contributed by atoms with Gasteiger partial charge in [0.1, 0.15) is 12.4 Å². The Morgan fingerprint density at radius 1 is 1.15 bits per heavy atom. The van der Waals surface area contributed by atoms with Crippen molar-refractivity contribution in [3.05, 3.63) is 63.7 Å². The van der Waals surface area contributed by atoms with Gasteiger partial charge < -0.3 is 9.84 Å². The molecule has 0 saturated carbocycles. The average molecular weight is 291 g/mol. The molecule has 0 spiro atoms. The summed E-state index contributed by atoms with van der Waals surface area (Å²) in [6, 6.07) is 11.5. The largest absolute Gasteiger partial charge is 0.489 e. The zero-order chi connectivity index (χ0) is 14.7. The Kier molecular flexibility index (Phi) is 4.69. The SMILES string of the molecule is Cc1cccc(C)c1COc1ccc(Cl)cc1[C@H](C)O. The van der Waals surface area contributed by atoms with E-state index in [1.807, 2.05) is 6.07 Å². The molecule has 0 aliphatic rings. The van der Waals surface area contributed by atoms with E-state index in [-0.39, 0.29) is 0 Å². The Morgan fingerprint density at radius 2 is 1.80 bits per heavy atom. The summed E-state index contributed by atoms with van der Waals surface area (Å²) in [5, 5.41) is 10.4. The van der Waals surface area contributed by atoms with Crippen LogP contribution in [0.2, 0.25) is 5.02 Å². The molecule has 3 heteroatoms. The Bertz CT molecular complexity index is 586. The van der Waals surface area contributed by atoms with Crippen molar-refractivity contribution in [2.45, 2.75) is 33.5 Å². The Hall–Kier alpha value is -1.51. The maximum atomic E-state index is 9.80. The molecule has 0 fully saturated rings. The second-order valence-electron chi connectivity index (χ2n) is 5.02. The minimum absolute atomic E-state index is 0.486. The molecule has 0 unspecified atom stereocenters. The van der Waals surface area contributed by atoms with Gasteiger partial charge in [0.05, 0.1) is 6.10 Å².